The summed E-state index contributed by atoms with van der Waals surface area (Å²) in [5.74, 6) is 0.139. The molecular weight excluding hydrogens is 250 g/mol. The minimum atomic E-state index is -0.137. The van der Waals surface area contributed by atoms with Crippen LogP contribution in [0.1, 0.15) is 54.4 Å². The number of amides is 1. The van der Waals surface area contributed by atoms with E-state index < -0.39 is 0 Å². The van der Waals surface area contributed by atoms with E-state index in [1.54, 1.807) is 0 Å². The van der Waals surface area contributed by atoms with Gasteiger partial charge in [0.25, 0.3) is 0 Å². The molecule has 20 heavy (non-hydrogen) atoms. The zero-order valence-corrected chi connectivity index (χ0v) is 14.3. The monoisotopic (exact) mass is 283 g/mol. The Labute approximate surface area is 124 Å². The lowest BCUT2D eigenvalue weighted by Gasteiger charge is -2.45. The van der Waals surface area contributed by atoms with Gasteiger partial charge in [0, 0.05) is 37.3 Å². The van der Waals surface area contributed by atoms with Crippen LogP contribution in [0.5, 0.6) is 0 Å². The average Bonchev–Trinajstić information content (AvgIpc) is 2.36. The van der Waals surface area contributed by atoms with Gasteiger partial charge < -0.3 is 5.32 Å². The van der Waals surface area contributed by atoms with Crippen LogP contribution in [0.2, 0.25) is 0 Å². The van der Waals surface area contributed by atoms with Crippen LogP contribution in [0, 0.1) is 0 Å². The van der Waals surface area contributed by atoms with Crippen molar-refractivity contribution in [2.75, 3.05) is 32.7 Å². The van der Waals surface area contributed by atoms with Crippen molar-refractivity contribution in [3.05, 3.63) is 0 Å². The molecule has 1 aliphatic rings. The highest BCUT2D eigenvalue weighted by Gasteiger charge is 2.31. The van der Waals surface area contributed by atoms with Crippen molar-refractivity contribution >= 4 is 5.91 Å². The molecule has 1 aliphatic heterocycles. The summed E-state index contributed by atoms with van der Waals surface area (Å²) >= 11 is 0. The molecule has 0 atom stereocenters. The molecule has 0 spiro atoms. The zero-order chi connectivity index (χ0) is 15.4. The third-order valence-corrected chi connectivity index (χ3v) is 4.54. The zero-order valence-electron chi connectivity index (χ0n) is 14.3. The molecule has 4 heteroatoms. The maximum Gasteiger partial charge on any atom is 0.234 e. The summed E-state index contributed by atoms with van der Waals surface area (Å²) < 4.78 is 0. The first-order valence-corrected chi connectivity index (χ1v) is 7.98. The molecule has 1 heterocycles. The van der Waals surface area contributed by atoms with Gasteiger partial charge in [0.15, 0.2) is 0 Å². The highest BCUT2D eigenvalue weighted by atomic mass is 16.2. The largest absolute Gasteiger partial charge is 0.350 e. The van der Waals surface area contributed by atoms with Gasteiger partial charge in [-0.2, -0.15) is 0 Å². The summed E-state index contributed by atoms with van der Waals surface area (Å²) in [5, 5.41) is 3.04. The molecular formula is C16H33N3O. The number of piperazine rings is 1. The fraction of sp³-hybridized carbons (Fsp3) is 0.938. The van der Waals surface area contributed by atoms with E-state index in [1.807, 2.05) is 20.8 Å². The molecule has 1 N–H and O–H groups in total. The van der Waals surface area contributed by atoms with Crippen molar-refractivity contribution in [3.63, 3.8) is 0 Å². The standard InChI is InChI=1S/C16H33N3O/c1-7-16(6,8-2)19-11-9-18(10-12-19)13-14(20)17-15(3,4)5/h7-13H2,1-6H3,(H,17,20). The maximum absolute atomic E-state index is 12.0. The quantitative estimate of drug-likeness (QED) is 0.839. The topological polar surface area (TPSA) is 35.6 Å². The number of hydrogen-bond donors (Lipinski definition) is 1. The predicted octanol–water partition coefficient (Wildman–Crippen LogP) is 2.10. The lowest BCUT2D eigenvalue weighted by Crippen LogP contribution is -2.57. The molecule has 0 aromatic rings. The van der Waals surface area contributed by atoms with Crippen LogP contribution < -0.4 is 5.32 Å². The molecule has 0 aliphatic carbocycles. The van der Waals surface area contributed by atoms with Crippen LogP contribution >= 0.6 is 0 Å². The van der Waals surface area contributed by atoms with Crippen molar-refractivity contribution in [2.45, 2.75) is 65.5 Å². The van der Waals surface area contributed by atoms with Crippen molar-refractivity contribution < 1.29 is 4.79 Å². The van der Waals surface area contributed by atoms with Gasteiger partial charge in [-0.3, -0.25) is 14.6 Å². The Morgan fingerprint density at radius 3 is 1.90 bits per heavy atom. The van der Waals surface area contributed by atoms with Crippen LogP contribution in [0.3, 0.4) is 0 Å². The van der Waals surface area contributed by atoms with E-state index in [-0.39, 0.29) is 11.4 Å². The lowest BCUT2D eigenvalue weighted by molar-refractivity contribution is -0.124. The first kappa shape index (κ1) is 17.4. The van der Waals surface area contributed by atoms with Gasteiger partial charge in [0.2, 0.25) is 5.91 Å². The van der Waals surface area contributed by atoms with Crippen LogP contribution in [0.4, 0.5) is 0 Å². The highest BCUT2D eigenvalue weighted by Crippen LogP contribution is 2.24. The number of carbonyl (C=O) groups is 1. The molecule has 0 radical (unpaired) electrons. The first-order valence-electron chi connectivity index (χ1n) is 7.98. The third-order valence-electron chi connectivity index (χ3n) is 4.54. The summed E-state index contributed by atoms with van der Waals surface area (Å²) in [5.41, 5.74) is 0.182. The average molecular weight is 283 g/mol. The fourth-order valence-corrected chi connectivity index (χ4v) is 2.80. The second kappa shape index (κ2) is 6.90. The van der Waals surface area contributed by atoms with E-state index in [9.17, 15) is 4.79 Å². The SMILES string of the molecule is CCC(C)(CC)N1CCN(CC(=O)NC(C)(C)C)CC1. The molecule has 0 saturated carbocycles. The molecule has 0 aromatic heterocycles. The number of nitrogens with zero attached hydrogens (tertiary/aromatic N) is 2. The van der Waals surface area contributed by atoms with Gasteiger partial charge in [-0.05, 0) is 40.5 Å². The lowest BCUT2D eigenvalue weighted by atomic mass is 9.92. The van der Waals surface area contributed by atoms with E-state index in [1.165, 1.54) is 12.8 Å². The molecule has 4 nitrogen and oxygen atoms in total. The second-order valence-corrected chi connectivity index (χ2v) is 7.27. The van der Waals surface area contributed by atoms with Gasteiger partial charge in [0.05, 0.1) is 6.54 Å². The van der Waals surface area contributed by atoms with E-state index in [0.29, 0.717) is 12.1 Å². The number of hydrogen-bond acceptors (Lipinski definition) is 3. The van der Waals surface area contributed by atoms with E-state index >= 15 is 0 Å². The molecule has 1 amide bonds. The maximum atomic E-state index is 12.0. The molecule has 1 saturated heterocycles. The second-order valence-electron chi connectivity index (χ2n) is 7.27. The van der Waals surface area contributed by atoms with Crippen LogP contribution in [0.15, 0.2) is 0 Å². The molecule has 0 unspecified atom stereocenters. The summed E-state index contributed by atoms with van der Waals surface area (Å²) in [7, 11) is 0. The summed E-state index contributed by atoms with van der Waals surface area (Å²) in [6.45, 7) is 17.6. The van der Waals surface area contributed by atoms with Crippen LogP contribution in [-0.4, -0.2) is 59.5 Å². The summed E-state index contributed by atoms with van der Waals surface area (Å²) in [4.78, 5) is 16.8. The van der Waals surface area contributed by atoms with Crippen molar-refractivity contribution in [1.29, 1.82) is 0 Å². The van der Waals surface area contributed by atoms with E-state index in [4.69, 9.17) is 0 Å². The smallest absolute Gasteiger partial charge is 0.234 e. The Hall–Kier alpha value is -0.610. The molecule has 1 rings (SSSR count). The van der Waals surface area contributed by atoms with Crippen molar-refractivity contribution in [1.82, 2.24) is 15.1 Å². The van der Waals surface area contributed by atoms with Crippen molar-refractivity contribution in [2.24, 2.45) is 0 Å². The summed E-state index contributed by atoms with van der Waals surface area (Å²) in [6, 6.07) is 0. The third kappa shape index (κ3) is 5.06. The van der Waals surface area contributed by atoms with Gasteiger partial charge >= 0.3 is 0 Å². The number of carbonyl (C=O) groups excluding carboxylic acids is 1. The molecule has 118 valence electrons. The minimum absolute atomic E-state index is 0.137. The van der Waals surface area contributed by atoms with Gasteiger partial charge in [0.1, 0.15) is 0 Å². The minimum Gasteiger partial charge on any atom is -0.350 e. The van der Waals surface area contributed by atoms with E-state index in [2.05, 4.69) is 35.9 Å². The van der Waals surface area contributed by atoms with Crippen molar-refractivity contribution in [3.8, 4) is 0 Å². The molecule has 0 aromatic carbocycles. The first-order chi connectivity index (χ1) is 9.20. The van der Waals surface area contributed by atoms with Crippen LogP contribution in [0.25, 0.3) is 0 Å². The Morgan fingerprint density at radius 1 is 1.00 bits per heavy atom. The van der Waals surface area contributed by atoms with Gasteiger partial charge in [-0.15, -0.1) is 0 Å². The fourth-order valence-electron chi connectivity index (χ4n) is 2.80. The van der Waals surface area contributed by atoms with Gasteiger partial charge in [-0.1, -0.05) is 13.8 Å². The van der Waals surface area contributed by atoms with Crippen LogP contribution in [-0.2, 0) is 4.79 Å². The summed E-state index contributed by atoms with van der Waals surface area (Å²) in [6.07, 6.45) is 2.38. The Morgan fingerprint density at radius 2 is 1.50 bits per heavy atom. The molecule has 0 bridgehead atoms. The number of nitrogens with one attached hydrogen (secondary N) is 1. The highest BCUT2D eigenvalue weighted by molar-refractivity contribution is 5.78. The van der Waals surface area contributed by atoms with E-state index in [0.717, 1.165) is 26.2 Å². The Bertz CT molecular complexity index is 310. The predicted molar refractivity (Wildman–Crippen MR) is 84.9 cm³/mol. The normalized spacial score (nSPS) is 19.1. The Balaban J connectivity index is 2.41. The Kier molecular flexibility index (Phi) is 6.02. The van der Waals surface area contributed by atoms with Gasteiger partial charge in [-0.25, -0.2) is 0 Å². The molecule has 1 fully saturated rings. The number of rotatable bonds is 5.